The molecule has 0 aromatic heterocycles. The van der Waals surface area contributed by atoms with E-state index in [1.165, 1.54) is 24.3 Å². The molecule has 0 radical (unpaired) electrons. The van der Waals surface area contributed by atoms with Gasteiger partial charge in [0.1, 0.15) is 0 Å². The van der Waals surface area contributed by atoms with Crippen molar-refractivity contribution < 1.29 is 13.9 Å². The van der Waals surface area contributed by atoms with Crippen molar-refractivity contribution in [3.05, 3.63) is 51.7 Å². The smallest absolute Gasteiger partial charge is 0.262 e. The Kier molecular flexibility index (Phi) is 5.03. The van der Waals surface area contributed by atoms with E-state index in [2.05, 4.69) is 21.2 Å². The quantitative estimate of drug-likeness (QED) is 0.800. The summed E-state index contributed by atoms with van der Waals surface area (Å²) in [5.74, 6) is -1.01. The number of hydrogen-bond acceptors (Lipinski definition) is 3. The van der Waals surface area contributed by atoms with Crippen LogP contribution < -0.4 is 15.8 Å². The van der Waals surface area contributed by atoms with Gasteiger partial charge in [0, 0.05) is 10.2 Å². The normalized spacial score (nSPS) is 10.2. The monoisotopic (exact) mass is 372 g/mol. The summed E-state index contributed by atoms with van der Waals surface area (Å²) in [5, 5.41) is 2.87. The lowest BCUT2D eigenvalue weighted by Gasteiger charge is -2.10. The van der Waals surface area contributed by atoms with Crippen LogP contribution in [0.3, 0.4) is 0 Å². The highest BCUT2D eigenvalue weighted by Gasteiger charge is 2.09. The Balaban J connectivity index is 1.97. The van der Waals surface area contributed by atoms with Crippen molar-refractivity contribution >= 4 is 44.8 Å². The molecular formula is C14H11BrClFN2O2. The summed E-state index contributed by atoms with van der Waals surface area (Å²) >= 11 is 9.13. The highest BCUT2D eigenvalue weighted by Crippen LogP contribution is 2.24. The van der Waals surface area contributed by atoms with Crippen molar-refractivity contribution in [3.8, 4) is 5.75 Å². The second-order valence-electron chi connectivity index (χ2n) is 4.15. The molecule has 0 heterocycles. The highest BCUT2D eigenvalue weighted by molar-refractivity contribution is 9.10. The SMILES string of the molecule is Nc1ccc(NC(=O)COc2cc(Br)ccc2F)c(Cl)c1. The summed E-state index contributed by atoms with van der Waals surface area (Å²) in [4.78, 5) is 11.8. The molecule has 7 heteroatoms. The molecule has 0 unspecified atom stereocenters. The molecule has 0 aliphatic rings. The molecular weight excluding hydrogens is 363 g/mol. The van der Waals surface area contributed by atoms with Crippen molar-refractivity contribution in [2.24, 2.45) is 0 Å². The topological polar surface area (TPSA) is 64.3 Å². The predicted octanol–water partition coefficient (Wildman–Crippen LogP) is 3.84. The summed E-state index contributed by atoms with van der Waals surface area (Å²) in [5.41, 5.74) is 6.46. The van der Waals surface area contributed by atoms with Crippen LogP contribution in [0.2, 0.25) is 5.02 Å². The largest absolute Gasteiger partial charge is 0.481 e. The fourth-order valence-corrected chi connectivity index (χ4v) is 2.13. The Morgan fingerprint density at radius 2 is 2.10 bits per heavy atom. The Labute approximate surface area is 134 Å². The zero-order valence-corrected chi connectivity index (χ0v) is 13.0. The van der Waals surface area contributed by atoms with Gasteiger partial charge in [0.2, 0.25) is 0 Å². The number of rotatable bonds is 4. The Hall–Kier alpha value is -1.79. The summed E-state index contributed by atoms with van der Waals surface area (Å²) in [6.45, 7) is -0.339. The molecule has 0 bridgehead atoms. The van der Waals surface area contributed by atoms with Crippen LogP contribution in [0.5, 0.6) is 5.75 Å². The number of ether oxygens (including phenoxy) is 1. The van der Waals surface area contributed by atoms with Gasteiger partial charge in [-0.3, -0.25) is 4.79 Å². The van der Waals surface area contributed by atoms with E-state index in [1.54, 1.807) is 12.1 Å². The summed E-state index contributed by atoms with van der Waals surface area (Å²) in [6, 6.07) is 8.93. The van der Waals surface area contributed by atoms with Crippen molar-refractivity contribution in [1.29, 1.82) is 0 Å². The first-order chi connectivity index (χ1) is 9.95. The molecule has 0 saturated carbocycles. The lowest BCUT2D eigenvalue weighted by molar-refractivity contribution is -0.118. The van der Waals surface area contributed by atoms with Crippen LogP contribution in [0.4, 0.5) is 15.8 Å². The average molecular weight is 374 g/mol. The minimum atomic E-state index is -0.545. The maximum absolute atomic E-state index is 13.4. The van der Waals surface area contributed by atoms with E-state index < -0.39 is 11.7 Å². The van der Waals surface area contributed by atoms with E-state index in [9.17, 15) is 9.18 Å². The maximum atomic E-state index is 13.4. The van der Waals surface area contributed by atoms with Crippen LogP contribution in [0.25, 0.3) is 0 Å². The number of halogens is 3. The molecule has 21 heavy (non-hydrogen) atoms. The lowest BCUT2D eigenvalue weighted by Crippen LogP contribution is -2.20. The van der Waals surface area contributed by atoms with E-state index >= 15 is 0 Å². The highest BCUT2D eigenvalue weighted by atomic mass is 79.9. The number of carbonyl (C=O) groups excluding carboxylic acids is 1. The zero-order valence-electron chi connectivity index (χ0n) is 10.7. The number of amides is 1. The average Bonchev–Trinajstić information content (AvgIpc) is 2.43. The minimum Gasteiger partial charge on any atom is -0.481 e. The third-order valence-corrected chi connectivity index (χ3v) is 3.33. The van der Waals surface area contributed by atoms with Gasteiger partial charge < -0.3 is 15.8 Å². The molecule has 110 valence electrons. The Bertz CT molecular complexity index is 682. The number of nitrogens with one attached hydrogen (secondary N) is 1. The van der Waals surface area contributed by atoms with Gasteiger partial charge in [0.05, 0.1) is 10.7 Å². The molecule has 0 fully saturated rings. The molecule has 2 aromatic carbocycles. The van der Waals surface area contributed by atoms with E-state index in [4.69, 9.17) is 22.1 Å². The fraction of sp³-hybridized carbons (Fsp3) is 0.0714. The van der Waals surface area contributed by atoms with Gasteiger partial charge in [-0.1, -0.05) is 27.5 Å². The van der Waals surface area contributed by atoms with Gasteiger partial charge in [-0.05, 0) is 36.4 Å². The van der Waals surface area contributed by atoms with Gasteiger partial charge in [0.15, 0.2) is 18.2 Å². The fourth-order valence-electron chi connectivity index (χ4n) is 1.55. The van der Waals surface area contributed by atoms with Gasteiger partial charge in [-0.25, -0.2) is 4.39 Å². The molecule has 0 aliphatic heterocycles. The first-order valence-electron chi connectivity index (χ1n) is 5.88. The number of nitrogen functional groups attached to an aromatic ring is 1. The third-order valence-electron chi connectivity index (χ3n) is 2.52. The van der Waals surface area contributed by atoms with E-state index in [0.717, 1.165) is 0 Å². The van der Waals surface area contributed by atoms with Crippen molar-refractivity contribution in [1.82, 2.24) is 0 Å². The number of carbonyl (C=O) groups is 1. The van der Waals surface area contributed by atoms with Gasteiger partial charge in [-0.15, -0.1) is 0 Å². The number of anilines is 2. The summed E-state index contributed by atoms with van der Waals surface area (Å²) in [6.07, 6.45) is 0. The Morgan fingerprint density at radius 1 is 1.33 bits per heavy atom. The number of nitrogens with two attached hydrogens (primary N) is 1. The molecule has 0 aliphatic carbocycles. The van der Waals surface area contributed by atoms with Crippen LogP contribution in [-0.4, -0.2) is 12.5 Å². The minimum absolute atomic E-state index is 0.0112. The molecule has 0 spiro atoms. The predicted molar refractivity (Wildman–Crippen MR) is 84.1 cm³/mol. The first-order valence-corrected chi connectivity index (χ1v) is 7.05. The van der Waals surface area contributed by atoms with Gasteiger partial charge in [0.25, 0.3) is 5.91 Å². The van der Waals surface area contributed by atoms with Crippen LogP contribution in [0.1, 0.15) is 0 Å². The van der Waals surface area contributed by atoms with E-state index in [-0.39, 0.29) is 12.4 Å². The van der Waals surface area contributed by atoms with Crippen molar-refractivity contribution in [2.75, 3.05) is 17.7 Å². The molecule has 2 aromatic rings. The van der Waals surface area contributed by atoms with Gasteiger partial charge >= 0.3 is 0 Å². The standard InChI is InChI=1S/C14H11BrClFN2O2/c15-8-1-3-11(17)13(5-8)21-7-14(20)19-12-4-2-9(18)6-10(12)16/h1-6H,7,18H2,(H,19,20). The molecule has 3 N–H and O–H groups in total. The summed E-state index contributed by atoms with van der Waals surface area (Å²) in [7, 11) is 0. The number of hydrogen-bond donors (Lipinski definition) is 2. The second-order valence-corrected chi connectivity index (χ2v) is 5.47. The van der Waals surface area contributed by atoms with Crippen LogP contribution in [0, 0.1) is 5.82 Å². The van der Waals surface area contributed by atoms with Crippen molar-refractivity contribution in [3.63, 3.8) is 0 Å². The molecule has 2 rings (SSSR count). The van der Waals surface area contributed by atoms with E-state index in [0.29, 0.717) is 20.9 Å². The van der Waals surface area contributed by atoms with Gasteiger partial charge in [-0.2, -0.15) is 0 Å². The van der Waals surface area contributed by atoms with Crippen LogP contribution >= 0.6 is 27.5 Å². The van der Waals surface area contributed by atoms with E-state index in [1.807, 2.05) is 0 Å². The van der Waals surface area contributed by atoms with Crippen LogP contribution in [0.15, 0.2) is 40.9 Å². The van der Waals surface area contributed by atoms with Crippen LogP contribution in [-0.2, 0) is 4.79 Å². The maximum Gasteiger partial charge on any atom is 0.262 e. The zero-order chi connectivity index (χ0) is 15.4. The number of benzene rings is 2. The third kappa shape index (κ3) is 4.34. The molecule has 0 saturated heterocycles. The molecule has 1 amide bonds. The molecule has 4 nitrogen and oxygen atoms in total. The first kappa shape index (κ1) is 15.6. The van der Waals surface area contributed by atoms with Crippen molar-refractivity contribution in [2.45, 2.75) is 0 Å². The lowest BCUT2D eigenvalue weighted by atomic mass is 10.3. The second kappa shape index (κ2) is 6.78. The molecule has 0 atom stereocenters. The Morgan fingerprint density at radius 3 is 2.81 bits per heavy atom. The summed E-state index contributed by atoms with van der Waals surface area (Å²) < 4.78 is 19.2.